The van der Waals surface area contributed by atoms with E-state index in [0.717, 1.165) is 15.8 Å². The van der Waals surface area contributed by atoms with E-state index in [1.54, 1.807) is 31.2 Å². The third kappa shape index (κ3) is 5.20. The minimum atomic E-state index is -0.0451. The lowest BCUT2D eigenvalue weighted by Gasteiger charge is -2.17. The molecule has 0 unspecified atom stereocenters. The van der Waals surface area contributed by atoms with Gasteiger partial charge in [-0.3, -0.25) is 9.59 Å². The number of rotatable bonds is 7. The van der Waals surface area contributed by atoms with Gasteiger partial charge in [-0.05, 0) is 29.8 Å². The number of hydrogen-bond acceptors (Lipinski definition) is 3. The molecular weight excluding hydrogens is 370 g/mol. The van der Waals surface area contributed by atoms with Crippen LogP contribution in [0.4, 0.5) is 0 Å². The molecule has 24 heavy (non-hydrogen) atoms. The maximum atomic E-state index is 12.2. The molecule has 0 aliphatic rings. The Bertz CT molecular complexity index is 696. The van der Waals surface area contributed by atoms with Crippen molar-refractivity contribution in [2.45, 2.75) is 19.4 Å². The maximum absolute atomic E-state index is 12.2. The molecule has 0 saturated heterocycles. The summed E-state index contributed by atoms with van der Waals surface area (Å²) in [6, 6.07) is 14.8. The molecular formula is C19H20BrNO3. The maximum Gasteiger partial charge on any atom is 0.223 e. The number of benzene rings is 2. The van der Waals surface area contributed by atoms with E-state index in [-0.39, 0.29) is 24.5 Å². The van der Waals surface area contributed by atoms with Gasteiger partial charge in [-0.25, -0.2) is 0 Å². The van der Waals surface area contributed by atoms with Gasteiger partial charge >= 0.3 is 0 Å². The molecule has 126 valence electrons. The third-order valence-corrected chi connectivity index (χ3v) is 4.27. The predicted molar refractivity (Wildman–Crippen MR) is 97.2 cm³/mol. The zero-order valence-electron chi connectivity index (χ0n) is 13.8. The lowest BCUT2D eigenvalue weighted by molar-refractivity contribution is -0.130. The van der Waals surface area contributed by atoms with Gasteiger partial charge in [0.05, 0.1) is 7.11 Å². The smallest absolute Gasteiger partial charge is 0.223 e. The monoisotopic (exact) mass is 389 g/mol. The molecule has 0 aromatic heterocycles. The van der Waals surface area contributed by atoms with Crippen LogP contribution < -0.4 is 4.74 Å². The van der Waals surface area contributed by atoms with Crippen LogP contribution in [0.25, 0.3) is 0 Å². The molecule has 0 saturated carbocycles. The fraction of sp³-hybridized carbons (Fsp3) is 0.263. The number of carbonyl (C=O) groups is 2. The van der Waals surface area contributed by atoms with Crippen molar-refractivity contribution in [2.24, 2.45) is 0 Å². The molecule has 0 N–H and O–H groups in total. The number of carbonyl (C=O) groups excluding carboxylic acids is 2. The minimum absolute atomic E-state index is 0.0197. The van der Waals surface area contributed by atoms with Crippen LogP contribution in [0.5, 0.6) is 5.75 Å². The van der Waals surface area contributed by atoms with Crippen molar-refractivity contribution in [2.75, 3.05) is 14.2 Å². The number of halogens is 1. The number of hydrogen-bond donors (Lipinski definition) is 0. The van der Waals surface area contributed by atoms with Gasteiger partial charge in [-0.1, -0.05) is 40.2 Å². The molecule has 2 aromatic carbocycles. The molecule has 2 aromatic rings. The topological polar surface area (TPSA) is 46.6 Å². The van der Waals surface area contributed by atoms with Crippen LogP contribution >= 0.6 is 15.9 Å². The van der Waals surface area contributed by atoms with E-state index in [2.05, 4.69) is 15.9 Å². The van der Waals surface area contributed by atoms with E-state index in [9.17, 15) is 9.59 Å². The van der Waals surface area contributed by atoms with Crippen LogP contribution in [0.2, 0.25) is 0 Å². The Hall–Kier alpha value is -2.14. The normalized spacial score (nSPS) is 10.3. The van der Waals surface area contributed by atoms with Crippen LogP contribution in [-0.4, -0.2) is 30.7 Å². The average Bonchev–Trinajstić information content (AvgIpc) is 2.60. The molecule has 0 radical (unpaired) electrons. The van der Waals surface area contributed by atoms with E-state index in [1.807, 2.05) is 36.4 Å². The van der Waals surface area contributed by atoms with Gasteiger partial charge in [0.15, 0.2) is 5.78 Å². The molecule has 4 nitrogen and oxygen atoms in total. The first-order chi connectivity index (χ1) is 11.5. The summed E-state index contributed by atoms with van der Waals surface area (Å²) >= 11 is 3.34. The van der Waals surface area contributed by atoms with Gasteiger partial charge in [-0.2, -0.15) is 0 Å². The van der Waals surface area contributed by atoms with Crippen molar-refractivity contribution in [3.8, 4) is 5.75 Å². The van der Waals surface area contributed by atoms with Gasteiger partial charge in [0.2, 0.25) is 5.91 Å². The van der Waals surface area contributed by atoms with E-state index in [4.69, 9.17) is 4.74 Å². The average molecular weight is 390 g/mol. The molecule has 0 spiro atoms. The van der Waals surface area contributed by atoms with Crippen molar-refractivity contribution < 1.29 is 14.3 Å². The number of methoxy groups -OCH3 is 1. The van der Waals surface area contributed by atoms with E-state index >= 15 is 0 Å². The summed E-state index contributed by atoms with van der Waals surface area (Å²) in [5, 5.41) is 0. The van der Waals surface area contributed by atoms with Gasteiger partial charge in [-0.15, -0.1) is 0 Å². The van der Waals surface area contributed by atoms with Crippen molar-refractivity contribution in [3.63, 3.8) is 0 Å². The standard InChI is InChI=1S/C19H20BrNO3/c1-21(13-14-3-9-17(24-2)10-4-14)19(23)12-11-18(22)15-5-7-16(20)8-6-15/h3-10H,11-13H2,1-2H3. The summed E-state index contributed by atoms with van der Waals surface area (Å²) in [6.07, 6.45) is 0.426. The second-order valence-corrected chi connectivity index (χ2v) is 6.44. The molecule has 0 fully saturated rings. The van der Waals surface area contributed by atoms with Gasteiger partial charge < -0.3 is 9.64 Å². The van der Waals surface area contributed by atoms with Crippen molar-refractivity contribution in [1.82, 2.24) is 4.90 Å². The highest BCUT2D eigenvalue weighted by molar-refractivity contribution is 9.10. The Morgan fingerprint density at radius 2 is 1.62 bits per heavy atom. The molecule has 1 amide bonds. The zero-order chi connectivity index (χ0) is 17.5. The number of amides is 1. The highest BCUT2D eigenvalue weighted by Gasteiger charge is 2.13. The van der Waals surface area contributed by atoms with Gasteiger partial charge in [0, 0.05) is 36.5 Å². The number of nitrogens with zero attached hydrogens (tertiary/aromatic N) is 1. The van der Waals surface area contributed by atoms with Crippen LogP contribution in [0.1, 0.15) is 28.8 Å². The second kappa shape index (κ2) is 8.64. The number of Topliss-reactive ketones (excluding diaryl/α,β-unsaturated/α-hetero) is 1. The first-order valence-electron chi connectivity index (χ1n) is 7.65. The van der Waals surface area contributed by atoms with Crippen LogP contribution in [0.3, 0.4) is 0 Å². The largest absolute Gasteiger partial charge is 0.497 e. The fourth-order valence-corrected chi connectivity index (χ4v) is 2.55. The quantitative estimate of drug-likeness (QED) is 0.670. The fourth-order valence-electron chi connectivity index (χ4n) is 2.28. The Kier molecular flexibility index (Phi) is 6.55. The molecule has 2 rings (SSSR count). The predicted octanol–water partition coefficient (Wildman–Crippen LogP) is 4.08. The van der Waals surface area contributed by atoms with E-state index in [0.29, 0.717) is 12.1 Å². The summed E-state index contributed by atoms with van der Waals surface area (Å²) in [4.78, 5) is 25.9. The number of ketones is 1. The summed E-state index contributed by atoms with van der Waals surface area (Å²) < 4.78 is 6.04. The zero-order valence-corrected chi connectivity index (χ0v) is 15.4. The second-order valence-electron chi connectivity index (χ2n) is 5.53. The summed E-state index contributed by atoms with van der Waals surface area (Å²) in [5.74, 6) is 0.720. The highest BCUT2D eigenvalue weighted by Crippen LogP contribution is 2.15. The van der Waals surface area contributed by atoms with E-state index < -0.39 is 0 Å². The van der Waals surface area contributed by atoms with Crippen LogP contribution in [0.15, 0.2) is 53.0 Å². The lowest BCUT2D eigenvalue weighted by Crippen LogP contribution is -2.26. The van der Waals surface area contributed by atoms with Crippen molar-refractivity contribution in [1.29, 1.82) is 0 Å². The Balaban J connectivity index is 1.84. The summed E-state index contributed by atoms with van der Waals surface area (Å²) in [7, 11) is 3.36. The van der Waals surface area contributed by atoms with Crippen LogP contribution in [-0.2, 0) is 11.3 Å². The summed E-state index contributed by atoms with van der Waals surface area (Å²) in [6.45, 7) is 0.509. The minimum Gasteiger partial charge on any atom is -0.497 e. The Morgan fingerprint density at radius 3 is 2.21 bits per heavy atom. The molecule has 0 aliphatic heterocycles. The molecule has 0 bridgehead atoms. The third-order valence-electron chi connectivity index (χ3n) is 3.74. The van der Waals surface area contributed by atoms with Crippen molar-refractivity contribution >= 4 is 27.6 Å². The van der Waals surface area contributed by atoms with Gasteiger partial charge in [0.1, 0.15) is 5.75 Å². The highest BCUT2D eigenvalue weighted by atomic mass is 79.9. The lowest BCUT2D eigenvalue weighted by atomic mass is 10.1. The Morgan fingerprint density at radius 1 is 1.00 bits per heavy atom. The Labute approximate surface area is 150 Å². The first kappa shape index (κ1) is 18.2. The first-order valence-corrected chi connectivity index (χ1v) is 8.44. The number of ether oxygens (including phenoxy) is 1. The molecule has 0 aliphatic carbocycles. The molecule has 0 heterocycles. The van der Waals surface area contributed by atoms with E-state index in [1.165, 1.54) is 0 Å². The van der Waals surface area contributed by atoms with Crippen LogP contribution in [0, 0.1) is 0 Å². The van der Waals surface area contributed by atoms with Crippen molar-refractivity contribution in [3.05, 3.63) is 64.1 Å². The SMILES string of the molecule is COc1ccc(CN(C)C(=O)CCC(=O)c2ccc(Br)cc2)cc1. The molecule has 5 heteroatoms. The molecule has 0 atom stereocenters. The van der Waals surface area contributed by atoms with Gasteiger partial charge in [0.25, 0.3) is 0 Å². The summed E-state index contributed by atoms with van der Waals surface area (Å²) in [5.41, 5.74) is 1.65.